The van der Waals surface area contributed by atoms with Crippen LogP contribution in [0.4, 0.5) is 4.39 Å². The number of aromatic amines is 1. The predicted octanol–water partition coefficient (Wildman–Crippen LogP) is 2.18. The van der Waals surface area contributed by atoms with E-state index >= 15 is 0 Å². The third-order valence-corrected chi connectivity index (χ3v) is 8.28. The summed E-state index contributed by atoms with van der Waals surface area (Å²) >= 11 is 0. The van der Waals surface area contributed by atoms with E-state index in [1.165, 1.54) is 16.4 Å². The maximum atomic E-state index is 14.5. The monoisotopic (exact) mass is 472 g/mol. The molecule has 2 aliphatic rings. The van der Waals surface area contributed by atoms with Crippen LogP contribution in [0.3, 0.4) is 0 Å². The van der Waals surface area contributed by atoms with E-state index in [4.69, 9.17) is 4.74 Å². The molecule has 1 aromatic heterocycles. The number of H-pyrrole nitrogens is 1. The molecule has 1 aliphatic heterocycles. The zero-order valence-electron chi connectivity index (χ0n) is 18.2. The van der Waals surface area contributed by atoms with Gasteiger partial charge in [0.1, 0.15) is 16.5 Å². The van der Waals surface area contributed by atoms with E-state index in [-0.39, 0.29) is 29.0 Å². The average molecular weight is 473 g/mol. The summed E-state index contributed by atoms with van der Waals surface area (Å²) in [7, 11) is -2.17. The summed E-state index contributed by atoms with van der Waals surface area (Å²) in [5.74, 6) is -0.123. The fraction of sp³-hybridized carbons (Fsp3) is 0.391. The quantitative estimate of drug-likeness (QED) is 0.546. The van der Waals surface area contributed by atoms with Gasteiger partial charge in [-0.2, -0.15) is 9.40 Å². The van der Waals surface area contributed by atoms with Crippen LogP contribution in [-0.4, -0.2) is 55.2 Å². The third-order valence-electron chi connectivity index (χ3n) is 6.44. The first-order chi connectivity index (χ1) is 15.8. The molecule has 1 aliphatic carbocycles. The molecular weight excluding hydrogens is 447 g/mol. The van der Waals surface area contributed by atoms with Crippen LogP contribution in [-0.2, 0) is 16.4 Å². The van der Waals surface area contributed by atoms with E-state index in [9.17, 15) is 17.6 Å². The summed E-state index contributed by atoms with van der Waals surface area (Å²) in [5, 5.41) is 10.8. The number of sulfonamides is 1. The Labute approximate surface area is 190 Å². The number of rotatable bonds is 7. The number of halogens is 1. The minimum Gasteiger partial charge on any atom is -0.490 e. The first-order valence-corrected chi connectivity index (χ1v) is 12.4. The maximum absolute atomic E-state index is 14.5. The highest BCUT2D eigenvalue weighted by molar-refractivity contribution is 7.89. The molecule has 0 radical (unpaired) electrons. The first kappa shape index (κ1) is 22.0. The molecule has 1 saturated carbocycles. The zero-order chi connectivity index (χ0) is 23.2. The minimum absolute atomic E-state index is 0.0686. The van der Waals surface area contributed by atoms with E-state index in [1.54, 1.807) is 25.2 Å². The van der Waals surface area contributed by atoms with Crippen molar-refractivity contribution in [1.29, 1.82) is 0 Å². The number of aromatic nitrogens is 2. The van der Waals surface area contributed by atoms with E-state index in [1.807, 2.05) is 0 Å². The summed E-state index contributed by atoms with van der Waals surface area (Å²) in [6.45, 7) is 0.608. The number of fused-ring (bicyclic) bond motifs is 1. The van der Waals surface area contributed by atoms with Crippen molar-refractivity contribution in [3.05, 3.63) is 63.8 Å². The van der Waals surface area contributed by atoms with E-state index in [0.29, 0.717) is 40.9 Å². The van der Waals surface area contributed by atoms with Gasteiger partial charge in [0, 0.05) is 30.9 Å². The lowest BCUT2D eigenvalue weighted by molar-refractivity contribution is 0.120. The largest absolute Gasteiger partial charge is 0.490 e. The lowest BCUT2D eigenvalue weighted by Gasteiger charge is -2.37. The second-order valence-corrected chi connectivity index (χ2v) is 10.5. The average Bonchev–Trinajstić information content (AvgIpc) is 2.73. The van der Waals surface area contributed by atoms with Crippen LogP contribution in [0.2, 0.25) is 0 Å². The van der Waals surface area contributed by atoms with Crippen LogP contribution >= 0.6 is 0 Å². The smallest absolute Gasteiger partial charge is 0.272 e. The van der Waals surface area contributed by atoms with Gasteiger partial charge in [0.05, 0.1) is 17.2 Å². The number of benzene rings is 2. The van der Waals surface area contributed by atoms with Crippen LogP contribution in [0.15, 0.2) is 46.1 Å². The Morgan fingerprint density at radius 1 is 1.18 bits per heavy atom. The lowest BCUT2D eigenvalue weighted by atomic mass is 9.96. The van der Waals surface area contributed by atoms with Gasteiger partial charge in [-0.1, -0.05) is 6.07 Å². The van der Waals surface area contributed by atoms with Gasteiger partial charge in [-0.3, -0.25) is 4.79 Å². The minimum atomic E-state index is -3.94. The van der Waals surface area contributed by atoms with Crippen LogP contribution in [0.1, 0.15) is 30.5 Å². The number of hydrogen-bond acceptors (Lipinski definition) is 6. The van der Waals surface area contributed by atoms with E-state index < -0.39 is 15.8 Å². The number of nitrogens with zero attached hydrogens (tertiary/aromatic N) is 2. The molecule has 8 nitrogen and oxygen atoms in total. The summed E-state index contributed by atoms with van der Waals surface area (Å²) in [6, 6.07) is 9.39. The fourth-order valence-electron chi connectivity index (χ4n) is 4.09. The Morgan fingerprint density at radius 3 is 2.67 bits per heavy atom. The van der Waals surface area contributed by atoms with Crippen molar-refractivity contribution in [3.63, 3.8) is 0 Å². The summed E-state index contributed by atoms with van der Waals surface area (Å²) in [5.41, 5.74) is 0.813. The zero-order valence-corrected chi connectivity index (χ0v) is 19.0. The molecule has 0 amide bonds. The van der Waals surface area contributed by atoms with E-state index in [2.05, 4.69) is 15.5 Å². The molecule has 2 aromatic carbocycles. The van der Waals surface area contributed by atoms with E-state index in [0.717, 1.165) is 25.3 Å². The van der Waals surface area contributed by atoms with Crippen molar-refractivity contribution in [1.82, 2.24) is 19.8 Å². The third kappa shape index (κ3) is 4.14. The van der Waals surface area contributed by atoms with Gasteiger partial charge in [0.15, 0.2) is 0 Å². The maximum Gasteiger partial charge on any atom is 0.272 e. The van der Waals surface area contributed by atoms with Crippen molar-refractivity contribution < 1.29 is 17.5 Å². The summed E-state index contributed by atoms with van der Waals surface area (Å²) in [6.07, 6.45) is 3.58. The first-order valence-electron chi connectivity index (χ1n) is 11.0. The van der Waals surface area contributed by atoms with Crippen LogP contribution in [0, 0.1) is 5.82 Å². The Bertz CT molecular complexity index is 1360. The van der Waals surface area contributed by atoms with Gasteiger partial charge in [-0.25, -0.2) is 17.9 Å². The highest BCUT2D eigenvalue weighted by Crippen LogP contribution is 2.29. The standard InChI is InChI=1S/C23H25FN4O4S/c1-25-15-12-28(13-15)33(30,31)22-10-14(5-8-20(22)24)9-21-19-11-17(32-16-3-2-4-16)6-7-18(19)23(29)27-26-21/h5-8,10-11,15-16,25H,2-4,9,12-13H2,1H3,(H,27,29). The molecular formula is C23H25FN4O4S. The Hall–Kier alpha value is -2.82. The molecule has 2 fully saturated rings. The predicted molar refractivity (Wildman–Crippen MR) is 121 cm³/mol. The molecule has 0 spiro atoms. The van der Waals surface area contributed by atoms with Gasteiger partial charge in [0.2, 0.25) is 10.0 Å². The SMILES string of the molecule is CNC1CN(S(=O)(=O)c2cc(Cc3n[nH]c(=O)c4ccc(OC5CCC5)cc34)ccc2F)C1. The van der Waals surface area contributed by atoms with Gasteiger partial charge in [-0.15, -0.1) is 0 Å². The number of nitrogens with one attached hydrogen (secondary N) is 2. The molecule has 33 heavy (non-hydrogen) atoms. The highest BCUT2D eigenvalue weighted by atomic mass is 32.2. The van der Waals surface area contributed by atoms with Crippen molar-refractivity contribution in [3.8, 4) is 5.75 Å². The second-order valence-electron chi connectivity index (χ2n) is 8.63. The van der Waals surface area contributed by atoms with Gasteiger partial charge < -0.3 is 10.1 Å². The topological polar surface area (TPSA) is 104 Å². The molecule has 2 heterocycles. The lowest BCUT2D eigenvalue weighted by Crippen LogP contribution is -2.58. The number of likely N-dealkylation sites (N-methyl/N-ethyl adjacent to an activating group) is 1. The molecule has 2 N–H and O–H groups in total. The molecule has 3 aromatic rings. The van der Waals surface area contributed by atoms with Crippen molar-refractivity contribution in [2.45, 2.75) is 42.7 Å². The van der Waals surface area contributed by atoms with Crippen LogP contribution < -0.4 is 15.6 Å². The summed E-state index contributed by atoms with van der Waals surface area (Å²) < 4.78 is 47.6. The van der Waals surface area contributed by atoms with Crippen LogP contribution in [0.5, 0.6) is 5.75 Å². The number of ether oxygens (including phenoxy) is 1. The molecule has 5 rings (SSSR count). The molecule has 1 saturated heterocycles. The van der Waals surface area contributed by atoms with Crippen LogP contribution in [0.25, 0.3) is 10.8 Å². The molecule has 10 heteroatoms. The van der Waals surface area contributed by atoms with Gasteiger partial charge >= 0.3 is 0 Å². The van der Waals surface area contributed by atoms with Gasteiger partial charge in [0.25, 0.3) is 5.56 Å². The Kier molecular flexibility index (Phi) is 5.67. The molecule has 0 unspecified atom stereocenters. The van der Waals surface area contributed by atoms with Crippen molar-refractivity contribution in [2.75, 3.05) is 20.1 Å². The second kappa shape index (κ2) is 8.51. The number of hydrogen-bond donors (Lipinski definition) is 2. The fourth-order valence-corrected chi connectivity index (χ4v) is 5.74. The molecule has 0 bridgehead atoms. The van der Waals surface area contributed by atoms with Crippen molar-refractivity contribution >= 4 is 20.8 Å². The molecule has 174 valence electrons. The normalized spacial score (nSPS) is 17.6. The molecule has 0 atom stereocenters. The Morgan fingerprint density at radius 2 is 1.97 bits per heavy atom. The Balaban J connectivity index is 1.47. The highest BCUT2D eigenvalue weighted by Gasteiger charge is 2.37. The van der Waals surface area contributed by atoms with Gasteiger partial charge in [-0.05, 0) is 62.2 Å². The summed E-state index contributed by atoms with van der Waals surface area (Å²) in [4.78, 5) is 11.9. The van der Waals surface area contributed by atoms with Crippen molar-refractivity contribution in [2.24, 2.45) is 0 Å².